The molecule has 0 aromatic heterocycles. The quantitative estimate of drug-likeness (QED) is 0.744. The van der Waals surface area contributed by atoms with Crippen molar-refractivity contribution in [1.82, 2.24) is 0 Å². The van der Waals surface area contributed by atoms with E-state index in [1.807, 2.05) is 0 Å². The maximum Gasteiger partial charge on any atom is 0.234 e. The van der Waals surface area contributed by atoms with E-state index in [0.717, 1.165) is 4.47 Å². The molecule has 1 aromatic carbocycles. The number of benzene rings is 1. The smallest absolute Gasteiger partial charge is 0.234 e. The molecule has 0 N–H and O–H groups in total. The van der Waals surface area contributed by atoms with Crippen LogP contribution in [0.25, 0.3) is 0 Å². The van der Waals surface area contributed by atoms with Gasteiger partial charge in [-0.15, -0.1) is 0 Å². The predicted molar refractivity (Wildman–Crippen MR) is 61.1 cm³/mol. The van der Waals surface area contributed by atoms with Crippen LogP contribution < -0.4 is 4.90 Å². The monoisotopic (exact) mass is 287 g/mol. The van der Waals surface area contributed by atoms with Gasteiger partial charge < -0.3 is 4.90 Å². The number of hydrogen-bond donors (Lipinski definition) is 0. The number of rotatable bonds is 1. The first-order chi connectivity index (χ1) is 7.08. The summed E-state index contributed by atoms with van der Waals surface area (Å²) in [7, 11) is 0. The largest absolute Gasteiger partial charge is 0.303 e. The molecule has 0 atom stereocenters. The highest BCUT2D eigenvalue weighted by atomic mass is 79.9. The average molecular weight is 289 g/mol. The number of carbonyl (C=O) groups is 2. The van der Waals surface area contributed by atoms with Gasteiger partial charge in [0.1, 0.15) is 0 Å². The van der Waals surface area contributed by atoms with Crippen LogP contribution in [-0.2, 0) is 9.59 Å². The van der Waals surface area contributed by atoms with Crippen LogP contribution in [0.15, 0.2) is 22.7 Å². The summed E-state index contributed by atoms with van der Waals surface area (Å²) >= 11 is 9.16. The number of amides is 1. The molecule has 0 bridgehead atoms. The second-order valence-corrected chi connectivity index (χ2v) is 4.58. The molecule has 2 rings (SSSR count). The summed E-state index contributed by atoms with van der Waals surface area (Å²) < 4.78 is 0.759. The fraction of sp³-hybridized carbons (Fsp3) is 0.200. The van der Waals surface area contributed by atoms with E-state index in [0.29, 0.717) is 10.7 Å². The summed E-state index contributed by atoms with van der Waals surface area (Å²) in [5, 5.41) is 0.542. The van der Waals surface area contributed by atoms with E-state index >= 15 is 0 Å². The van der Waals surface area contributed by atoms with Crippen molar-refractivity contribution in [3.05, 3.63) is 27.7 Å². The lowest BCUT2D eigenvalue weighted by atomic mass is 10.3. The Balaban J connectivity index is 2.41. The van der Waals surface area contributed by atoms with Gasteiger partial charge in [-0.25, -0.2) is 0 Å². The van der Waals surface area contributed by atoms with E-state index in [-0.39, 0.29) is 24.7 Å². The maximum absolute atomic E-state index is 11.5. The highest BCUT2D eigenvalue weighted by Gasteiger charge is 2.29. The van der Waals surface area contributed by atoms with Gasteiger partial charge in [0.2, 0.25) is 5.91 Å². The van der Waals surface area contributed by atoms with Crippen LogP contribution in [0.1, 0.15) is 6.42 Å². The van der Waals surface area contributed by atoms with Gasteiger partial charge >= 0.3 is 0 Å². The number of halogens is 2. The second-order valence-electron chi connectivity index (χ2n) is 3.29. The molecule has 3 nitrogen and oxygen atoms in total. The fourth-order valence-electron chi connectivity index (χ4n) is 1.50. The van der Waals surface area contributed by atoms with Gasteiger partial charge in [0, 0.05) is 9.50 Å². The summed E-state index contributed by atoms with van der Waals surface area (Å²) in [6.07, 6.45) is -0.0149. The highest BCUT2D eigenvalue weighted by molar-refractivity contribution is 9.10. The first-order valence-electron chi connectivity index (χ1n) is 4.35. The molecule has 15 heavy (non-hydrogen) atoms. The Kier molecular flexibility index (Phi) is 2.80. The third-order valence-corrected chi connectivity index (χ3v) is 3.09. The summed E-state index contributed by atoms with van der Waals surface area (Å²) in [6.45, 7) is 0.137. The topological polar surface area (TPSA) is 37.4 Å². The van der Waals surface area contributed by atoms with Crippen LogP contribution in [0.5, 0.6) is 0 Å². The minimum atomic E-state index is -0.178. The summed E-state index contributed by atoms with van der Waals surface area (Å²) in [4.78, 5) is 24.1. The van der Waals surface area contributed by atoms with Crippen LogP contribution in [-0.4, -0.2) is 18.2 Å². The van der Waals surface area contributed by atoms with Crippen molar-refractivity contribution in [2.45, 2.75) is 6.42 Å². The Bertz CT molecular complexity index is 447. The minimum absolute atomic E-state index is 0.0149. The Hall–Kier alpha value is -0.870. The Morgan fingerprint density at radius 2 is 2.07 bits per heavy atom. The standard InChI is InChI=1S/C10H7BrClNO2/c11-8-2-1-6(12)3-9(8)13-5-7(14)4-10(13)15/h1-3H,4-5H2. The maximum atomic E-state index is 11.5. The third-order valence-electron chi connectivity index (χ3n) is 2.18. The highest BCUT2D eigenvalue weighted by Crippen LogP contribution is 2.31. The average Bonchev–Trinajstić information content (AvgIpc) is 2.50. The fourth-order valence-corrected chi connectivity index (χ4v) is 2.12. The SMILES string of the molecule is O=C1CC(=O)N(c2cc(Cl)ccc2Br)C1. The van der Waals surface area contributed by atoms with Crippen LogP contribution in [0.3, 0.4) is 0 Å². The van der Waals surface area contributed by atoms with Gasteiger partial charge in [0.25, 0.3) is 0 Å². The van der Waals surface area contributed by atoms with Gasteiger partial charge in [-0.1, -0.05) is 11.6 Å². The van der Waals surface area contributed by atoms with E-state index in [2.05, 4.69) is 15.9 Å². The number of anilines is 1. The van der Waals surface area contributed by atoms with Crippen LogP contribution in [0.2, 0.25) is 5.02 Å². The van der Waals surface area contributed by atoms with E-state index < -0.39 is 0 Å². The van der Waals surface area contributed by atoms with Gasteiger partial charge in [-0.05, 0) is 34.1 Å². The molecule has 1 heterocycles. The zero-order valence-electron chi connectivity index (χ0n) is 7.67. The molecule has 1 fully saturated rings. The molecule has 1 aromatic rings. The van der Waals surface area contributed by atoms with E-state index in [4.69, 9.17) is 11.6 Å². The van der Waals surface area contributed by atoms with Crippen LogP contribution >= 0.6 is 27.5 Å². The third kappa shape index (κ3) is 2.06. The summed E-state index contributed by atoms with van der Waals surface area (Å²) in [5.74, 6) is -0.241. The lowest BCUT2D eigenvalue weighted by Gasteiger charge is -2.16. The molecule has 5 heteroatoms. The van der Waals surface area contributed by atoms with Gasteiger partial charge in [0.15, 0.2) is 5.78 Å². The number of Topliss-reactive ketones (excluding diaryl/α,β-unsaturated/α-hetero) is 1. The zero-order valence-corrected chi connectivity index (χ0v) is 10.0. The van der Waals surface area contributed by atoms with E-state index in [9.17, 15) is 9.59 Å². The number of nitrogens with zero attached hydrogens (tertiary/aromatic N) is 1. The summed E-state index contributed by atoms with van der Waals surface area (Å²) in [6, 6.07) is 5.15. The van der Waals surface area contributed by atoms with Crippen molar-refractivity contribution in [1.29, 1.82) is 0 Å². The van der Waals surface area contributed by atoms with Crippen LogP contribution in [0.4, 0.5) is 5.69 Å². The van der Waals surface area contributed by atoms with Crippen molar-refractivity contribution in [3.8, 4) is 0 Å². The zero-order chi connectivity index (χ0) is 11.0. The Morgan fingerprint density at radius 3 is 2.67 bits per heavy atom. The minimum Gasteiger partial charge on any atom is -0.303 e. The molecule has 78 valence electrons. The number of carbonyl (C=O) groups excluding carboxylic acids is 2. The van der Waals surface area contributed by atoms with Gasteiger partial charge in [-0.2, -0.15) is 0 Å². The molecule has 1 aliphatic rings. The Labute approximate surface area is 100 Å². The molecule has 0 radical (unpaired) electrons. The molecule has 0 saturated carbocycles. The van der Waals surface area contributed by atoms with Gasteiger partial charge in [-0.3, -0.25) is 9.59 Å². The molecular weight excluding hydrogens is 281 g/mol. The summed E-state index contributed by atoms with van der Waals surface area (Å²) in [5.41, 5.74) is 0.651. The van der Waals surface area contributed by atoms with E-state index in [1.165, 1.54) is 4.90 Å². The van der Waals surface area contributed by atoms with Crippen molar-refractivity contribution in [2.75, 3.05) is 11.4 Å². The lowest BCUT2D eigenvalue weighted by molar-refractivity contribution is -0.121. The second kappa shape index (κ2) is 3.94. The normalized spacial score (nSPS) is 16.3. The van der Waals surface area contributed by atoms with E-state index in [1.54, 1.807) is 18.2 Å². The number of ketones is 1. The molecule has 1 aliphatic heterocycles. The van der Waals surface area contributed by atoms with Crippen molar-refractivity contribution in [3.63, 3.8) is 0 Å². The van der Waals surface area contributed by atoms with Crippen LogP contribution in [0, 0.1) is 0 Å². The Morgan fingerprint density at radius 1 is 1.33 bits per heavy atom. The lowest BCUT2D eigenvalue weighted by Crippen LogP contribution is -2.24. The van der Waals surface area contributed by atoms with Crippen molar-refractivity contribution < 1.29 is 9.59 Å². The van der Waals surface area contributed by atoms with Gasteiger partial charge in [0.05, 0.1) is 18.7 Å². The molecule has 1 amide bonds. The predicted octanol–water partition coefficient (Wildman–Crippen LogP) is 2.41. The first-order valence-corrected chi connectivity index (χ1v) is 5.52. The van der Waals surface area contributed by atoms with Crippen molar-refractivity contribution >= 4 is 44.9 Å². The molecule has 0 aliphatic carbocycles. The molecular formula is C10H7BrClNO2. The number of hydrogen-bond acceptors (Lipinski definition) is 2. The first kappa shape index (κ1) is 10.6. The molecule has 0 unspecified atom stereocenters. The molecule has 0 spiro atoms. The molecule has 1 saturated heterocycles. The van der Waals surface area contributed by atoms with Crippen molar-refractivity contribution in [2.24, 2.45) is 0 Å².